The maximum absolute atomic E-state index is 12.2. The van der Waals surface area contributed by atoms with Gasteiger partial charge in [-0.1, -0.05) is 48.5 Å². The second-order valence-electron chi connectivity index (χ2n) is 6.64. The van der Waals surface area contributed by atoms with Gasteiger partial charge in [-0.25, -0.2) is 14.6 Å². The summed E-state index contributed by atoms with van der Waals surface area (Å²) in [6.07, 6.45) is 2.32. The Labute approximate surface area is 161 Å². The molecule has 28 heavy (non-hydrogen) atoms. The topological polar surface area (TPSA) is 104 Å². The summed E-state index contributed by atoms with van der Waals surface area (Å²) in [5.74, 6) is -1.21. The molecule has 0 saturated heterocycles. The van der Waals surface area contributed by atoms with Crippen LogP contribution in [-0.4, -0.2) is 39.8 Å². The van der Waals surface area contributed by atoms with Gasteiger partial charge in [0.15, 0.2) is 0 Å². The smallest absolute Gasteiger partial charge is 0.407 e. The first-order valence-corrected chi connectivity index (χ1v) is 8.95. The van der Waals surface area contributed by atoms with Crippen LogP contribution in [0.2, 0.25) is 0 Å². The van der Waals surface area contributed by atoms with Crippen molar-refractivity contribution >= 4 is 12.1 Å². The number of carboxylic acids is 1. The van der Waals surface area contributed by atoms with Crippen molar-refractivity contribution in [2.75, 3.05) is 6.61 Å². The van der Waals surface area contributed by atoms with Gasteiger partial charge in [0, 0.05) is 24.2 Å². The molecule has 4 rings (SSSR count). The molecule has 0 spiro atoms. The van der Waals surface area contributed by atoms with Crippen LogP contribution >= 0.6 is 0 Å². The second-order valence-corrected chi connectivity index (χ2v) is 6.64. The molecule has 0 radical (unpaired) electrons. The Hall–Kier alpha value is -3.61. The zero-order valence-corrected chi connectivity index (χ0v) is 15.0. The van der Waals surface area contributed by atoms with Crippen LogP contribution in [0.4, 0.5) is 4.79 Å². The number of imidazole rings is 1. The van der Waals surface area contributed by atoms with Gasteiger partial charge in [0.25, 0.3) is 0 Å². The van der Waals surface area contributed by atoms with Gasteiger partial charge in [0.1, 0.15) is 12.6 Å². The van der Waals surface area contributed by atoms with E-state index in [1.807, 2.05) is 36.4 Å². The van der Waals surface area contributed by atoms with Gasteiger partial charge >= 0.3 is 12.1 Å². The maximum atomic E-state index is 12.2. The minimum Gasteiger partial charge on any atom is -0.480 e. The Morgan fingerprint density at radius 1 is 1.11 bits per heavy atom. The normalized spacial score (nSPS) is 13.4. The van der Waals surface area contributed by atoms with Gasteiger partial charge in [-0.05, 0) is 22.3 Å². The summed E-state index contributed by atoms with van der Waals surface area (Å²) in [4.78, 5) is 30.4. The number of ether oxygens (including phenoxy) is 1. The zero-order chi connectivity index (χ0) is 19.5. The third-order valence-electron chi connectivity index (χ3n) is 4.91. The van der Waals surface area contributed by atoms with E-state index in [0.717, 1.165) is 22.3 Å². The predicted octanol–water partition coefficient (Wildman–Crippen LogP) is 2.94. The van der Waals surface area contributed by atoms with E-state index in [0.29, 0.717) is 5.69 Å². The number of nitrogens with zero attached hydrogens (tertiary/aromatic N) is 1. The number of carbonyl (C=O) groups is 2. The van der Waals surface area contributed by atoms with E-state index in [9.17, 15) is 14.7 Å². The van der Waals surface area contributed by atoms with Gasteiger partial charge in [-0.15, -0.1) is 0 Å². The summed E-state index contributed by atoms with van der Waals surface area (Å²) in [5.41, 5.74) is 5.09. The van der Waals surface area contributed by atoms with Crippen LogP contribution in [0.15, 0.2) is 61.1 Å². The third kappa shape index (κ3) is 3.46. The highest BCUT2D eigenvalue weighted by Gasteiger charge is 2.29. The molecule has 0 bridgehead atoms. The minimum atomic E-state index is -1.14. The Morgan fingerprint density at radius 2 is 1.75 bits per heavy atom. The molecule has 142 valence electrons. The molecule has 2 aromatic carbocycles. The standard InChI is InChI=1S/C21H19N3O4/c25-20(26)19(9-13-10-22-12-23-13)24-21(27)28-11-18-16-7-3-1-5-14(16)15-6-2-4-8-17(15)18/h1-8,10,12,18-19H,9,11H2,(H,22,23)(H,24,27)(H,25,26). The van der Waals surface area contributed by atoms with Crippen LogP contribution in [0.25, 0.3) is 11.1 Å². The van der Waals surface area contributed by atoms with E-state index in [1.165, 1.54) is 12.5 Å². The number of carbonyl (C=O) groups excluding carboxylic acids is 1. The van der Waals surface area contributed by atoms with E-state index < -0.39 is 18.1 Å². The van der Waals surface area contributed by atoms with Gasteiger partial charge in [0.05, 0.1) is 6.33 Å². The summed E-state index contributed by atoms with van der Waals surface area (Å²) >= 11 is 0. The molecule has 0 saturated carbocycles. The second kappa shape index (κ2) is 7.56. The number of aromatic nitrogens is 2. The molecule has 7 heteroatoms. The maximum Gasteiger partial charge on any atom is 0.407 e. The van der Waals surface area contributed by atoms with Crippen molar-refractivity contribution < 1.29 is 19.4 Å². The molecule has 0 fully saturated rings. The number of nitrogens with one attached hydrogen (secondary N) is 2. The first kappa shape index (κ1) is 17.8. The van der Waals surface area contributed by atoms with E-state index in [-0.39, 0.29) is 18.9 Å². The summed E-state index contributed by atoms with van der Waals surface area (Å²) in [7, 11) is 0. The monoisotopic (exact) mass is 377 g/mol. The zero-order valence-electron chi connectivity index (χ0n) is 15.0. The number of rotatable bonds is 6. The molecule has 3 aromatic rings. The van der Waals surface area contributed by atoms with Crippen LogP contribution in [-0.2, 0) is 16.0 Å². The molecule has 1 amide bonds. The van der Waals surface area contributed by atoms with Gasteiger partial charge < -0.3 is 20.1 Å². The average molecular weight is 377 g/mol. The molecule has 7 nitrogen and oxygen atoms in total. The van der Waals surface area contributed by atoms with Crippen LogP contribution in [0, 0.1) is 0 Å². The molecule has 1 unspecified atom stereocenters. The Kier molecular flexibility index (Phi) is 4.80. The first-order valence-electron chi connectivity index (χ1n) is 8.95. The number of aromatic amines is 1. The van der Waals surface area contributed by atoms with Crippen LogP contribution in [0.3, 0.4) is 0 Å². The molecule has 1 aliphatic carbocycles. The quantitative estimate of drug-likeness (QED) is 0.613. The Morgan fingerprint density at radius 3 is 2.32 bits per heavy atom. The summed E-state index contributed by atoms with van der Waals surface area (Å²) in [6, 6.07) is 15.0. The number of hydrogen-bond donors (Lipinski definition) is 3. The van der Waals surface area contributed by atoms with Crippen molar-refractivity contribution in [3.8, 4) is 11.1 Å². The number of alkyl carbamates (subject to hydrolysis) is 1. The predicted molar refractivity (Wildman–Crippen MR) is 102 cm³/mol. The van der Waals surface area contributed by atoms with E-state index >= 15 is 0 Å². The number of fused-ring (bicyclic) bond motifs is 3. The molecule has 1 heterocycles. The average Bonchev–Trinajstić information content (AvgIpc) is 3.32. The molecule has 3 N–H and O–H groups in total. The molecular formula is C21H19N3O4. The number of benzene rings is 2. The van der Waals surface area contributed by atoms with Crippen molar-refractivity contribution in [3.63, 3.8) is 0 Å². The van der Waals surface area contributed by atoms with Crippen molar-refractivity contribution in [1.29, 1.82) is 0 Å². The highest BCUT2D eigenvalue weighted by Crippen LogP contribution is 2.44. The van der Waals surface area contributed by atoms with Crippen molar-refractivity contribution in [1.82, 2.24) is 15.3 Å². The number of aliphatic carboxylic acids is 1. The largest absolute Gasteiger partial charge is 0.480 e. The van der Waals surface area contributed by atoms with E-state index in [2.05, 4.69) is 27.4 Å². The van der Waals surface area contributed by atoms with Gasteiger partial charge in [0.2, 0.25) is 0 Å². The highest BCUT2D eigenvalue weighted by atomic mass is 16.5. The highest BCUT2D eigenvalue weighted by molar-refractivity contribution is 5.81. The third-order valence-corrected chi connectivity index (χ3v) is 4.91. The number of hydrogen-bond acceptors (Lipinski definition) is 4. The van der Waals surface area contributed by atoms with Crippen LogP contribution in [0.1, 0.15) is 22.7 Å². The molecule has 1 aliphatic rings. The lowest BCUT2D eigenvalue weighted by molar-refractivity contribution is -0.139. The Balaban J connectivity index is 1.44. The van der Waals surface area contributed by atoms with E-state index in [4.69, 9.17) is 4.74 Å². The summed E-state index contributed by atoms with van der Waals surface area (Å²) in [6.45, 7) is 0.135. The fourth-order valence-electron chi connectivity index (χ4n) is 3.60. The van der Waals surface area contributed by atoms with Crippen molar-refractivity contribution in [2.24, 2.45) is 0 Å². The number of carboxylic acid groups (broad SMARTS) is 1. The van der Waals surface area contributed by atoms with E-state index in [1.54, 1.807) is 0 Å². The fraction of sp³-hybridized carbons (Fsp3) is 0.190. The fourth-order valence-corrected chi connectivity index (χ4v) is 3.60. The molecule has 1 aromatic heterocycles. The lowest BCUT2D eigenvalue weighted by Crippen LogP contribution is -2.43. The lowest BCUT2D eigenvalue weighted by atomic mass is 9.98. The molecule has 1 atom stereocenters. The summed E-state index contributed by atoms with van der Waals surface area (Å²) in [5, 5.41) is 11.8. The van der Waals surface area contributed by atoms with Crippen LogP contribution < -0.4 is 5.32 Å². The number of amides is 1. The van der Waals surface area contributed by atoms with Crippen LogP contribution in [0.5, 0.6) is 0 Å². The SMILES string of the molecule is O=C(NC(Cc1cnc[nH]1)C(=O)O)OCC1c2ccccc2-c2ccccc21. The van der Waals surface area contributed by atoms with Gasteiger partial charge in [-0.2, -0.15) is 0 Å². The minimum absolute atomic E-state index is 0.0750. The number of H-pyrrole nitrogens is 1. The lowest BCUT2D eigenvalue weighted by Gasteiger charge is -2.17. The van der Waals surface area contributed by atoms with Gasteiger partial charge in [-0.3, -0.25) is 0 Å². The van der Waals surface area contributed by atoms with Crippen molar-refractivity contribution in [3.05, 3.63) is 77.9 Å². The Bertz CT molecular complexity index is 955. The first-order chi connectivity index (χ1) is 13.6. The summed E-state index contributed by atoms with van der Waals surface area (Å²) < 4.78 is 5.40. The van der Waals surface area contributed by atoms with Crippen molar-refractivity contribution in [2.45, 2.75) is 18.4 Å². The molecular weight excluding hydrogens is 358 g/mol. The molecule has 0 aliphatic heterocycles.